The van der Waals surface area contributed by atoms with E-state index in [1.807, 2.05) is 61.5 Å². The van der Waals surface area contributed by atoms with Gasteiger partial charge in [-0.2, -0.15) is 4.98 Å². The fourth-order valence-corrected chi connectivity index (χ4v) is 3.10. The van der Waals surface area contributed by atoms with E-state index in [0.29, 0.717) is 12.4 Å². The molecule has 0 saturated carbocycles. The second kappa shape index (κ2) is 8.57. The minimum absolute atomic E-state index is 0.0989. The standard InChI is InChI=1S/C23H20N4O3/c1-16-8-5-6-11-18(16)21-25-22(30-26-21)19-12-7-13-27(23(19)29)15-20(28)24-14-17-9-3-2-4-10-17/h2-13H,14-15H2,1H3,(H,24,28). The summed E-state index contributed by atoms with van der Waals surface area (Å²) in [6.45, 7) is 2.25. The maximum atomic E-state index is 12.8. The molecule has 150 valence electrons. The molecule has 0 saturated heterocycles. The van der Waals surface area contributed by atoms with Crippen molar-refractivity contribution in [2.45, 2.75) is 20.0 Å². The zero-order chi connectivity index (χ0) is 20.9. The van der Waals surface area contributed by atoms with E-state index in [0.717, 1.165) is 16.7 Å². The summed E-state index contributed by atoms with van der Waals surface area (Å²) in [6, 6.07) is 20.5. The molecule has 4 rings (SSSR count). The lowest BCUT2D eigenvalue weighted by molar-refractivity contribution is -0.121. The van der Waals surface area contributed by atoms with E-state index in [2.05, 4.69) is 15.5 Å². The van der Waals surface area contributed by atoms with Gasteiger partial charge in [-0.15, -0.1) is 0 Å². The van der Waals surface area contributed by atoms with E-state index >= 15 is 0 Å². The molecule has 1 N–H and O–H groups in total. The van der Waals surface area contributed by atoms with E-state index in [9.17, 15) is 9.59 Å². The smallest absolute Gasteiger partial charge is 0.263 e. The zero-order valence-electron chi connectivity index (χ0n) is 16.4. The number of nitrogens with one attached hydrogen (secondary N) is 1. The second-order valence-corrected chi connectivity index (χ2v) is 6.86. The first kappa shape index (κ1) is 19.3. The van der Waals surface area contributed by atoms with Gasteiger partial charge in [-0.05, 0) is 30.2 Å². The minimum Gasteiger partial charge on any atom is -0.350 e. The Morgan fingerprint density at radius 2 is 1.73 bits per heavy atom. The van der Waals surface area contributed by atoms with Crippen LogP contribution in [0.3, 0.4) is 0 Å². The van der Waals surface area contributed by atoms with Gasteiger partial charge < -0.3 is 14.4 Å². The molecule has 2 aromatic heterocycles. The van der Waals surface area contributed by atoms with Gasteiger partial charge in [-0.1, -0.05) is 59.8 Å². The van der Waals surface area contributed by atoms with Gasteiger partial charge in [0.05, 0.1) is 0 Å². The van der Waals surface area contributed by atoms with Crippen LogP contribution in [0, 0.1) is 6.92 Å². The summed E-state index contributed by atoms with van der Waals surface area (Å²) < 4.78 is 6.66. The predicted octanol–water partition coefficient (Wildman–Crippen LogP) is 3.19. The first-order chi connectivity index (χ1) is 14.6. The molecule has 2 aromatic carbocycles. The van der Waals surface area contributed by atoms with Crippen LogP contribution in [0.2, 0.25) is 0 Å². The zero-order valence-corrected chi connectivity index (χ0v) is 16.4. The fourth-order valence-electron chi connectivity index (χ4n) is 3.10. The van der Waals surface area contributed by atoms with Crippen LogP contribution in [0.25, 0.3) is 22.8 Å². The molecule has 4 aromatic rings. The Bertz CT molecular complexity index is 1230. The first-order valence-corrected chi connectivity index (χ1v) is 9.52. The molecule has 7 nitrogen and oxygen atoms in total. The lowest BCUT2D eigenvalue weighted by atomic mass is 10.1. The Labute approximate surface area is 173 Å². The molecule has 1 amide bonds. The van der Waals surface area contributed by atoms with Crippen molar-refractivity contribution in [2.75, 3.05) is 0 Å². The molecular formula is C23H20N4O3. The van der Waals surface area contributed by atoms with Crippen LogP contribution < -0.4 is 10.9 Å². The van der Waals surface area contributed by atoms with Crippen LogP contribution in [0.15, 0.2) is 82.2 Å². The number of carbonyl (C=O) groups is 1. The number of pyridine rings is 1. The lowest BCUT2D eigenvalue weighted by Gasteiger charge is -2.08. The summed E-state index contributed by atoms with van der Waals surface area (Å²) in [7, 11) is 0. The number of nitrogens with zero attached hydrogens (tertiary/aromatic N) is 3. The molecule has 0 spiro atoms. The van der Waals surface area contributed by atoms with Crippen molar-refractivity contribution in [1.82, 2.24) is 20.0 Å². The Balaban J connectivity index is 1.52. The number of amides is 1. The van der Waals surface area contributed by atoms with Gasteiger partial charge >= 0.3 is 0 Å². The van der Waals surface area contributed by atoms with Crippen molar-refractivity contribution in [3.8, 4) is 22.8 Å². The fraction of sp³-hybridized carbons (Fsp3) is 0.130. The first-order valence-electron chi connectivity index (χ1n) is 9.52. The highest BCUT2D eigenvalue weighted by Gasteiger charge is 2.16. The number of aromatic nitrogens is 3. The SMILES string of the molecule is Cc1ccccc1-c1noc(-c2cccn(CC(=O)NCc3ccccc3)c2=O)n1. The summed E-state index contributed by atoms with van der Waals surface area (Å²) in [5.41, 5.74) is 2.71. The molecular weight excluding hydrogens is 380 g/mol. The molecule has 7 heteroatoms. The quantitative estimate of drug-likeness (QED) is 0.537. The molecule has 0 bridgehead atoms. The molecule has 0 fully saturated rings. The van der Waals surface area contributed by atoms with Crippen molar-refractivity contribution >= 4 is 5.91 Å². The van der Waals surface area contributed by atoms with Crippen LogP contribution in [0.5, 0.6) is 0 Å². The monoisotopic (exact) mass is 400 g/mol. The Hall–Kier alpha value is -4.00. The van der Waals surface area contributed by atoms with Crippen LogP contribution in [0.1, 0.15) is 11.1 Å². The Kier molecular flexibility index (Phi) is 5.52. The summed E-state index contributed by atoms with van der Waals surface area (Å²) in [6.07, 6.45) is 1.56. The largest absolute Gasteiger partial charge is 0.350 e. The third-order valence-electron chi connectivity index (χ3n) is 4.71. The number of hydrogen-bond donors (Lipinski definition) is 1. The molecule has 0 aliphatic heterocycles. The third kappa shape index (κ3) is 4.20. The highest BCUT2D eigenvalue weighted by molar-refractivity contribution is 5.75. The van der Waals surface area contributed by atoms with Crippen LogP contribution >= 0.6 is 0 Å². The molecule has 0 radical (unpaired) electrons. The van der Waals surface area contributed by atoms with Crippen molar-refractivity contribution in [1.29, 1.82) is 0 Å². The number of rotatable bonds is 6. The lowest BCUT2D eigenvalue weighted by Crippen LogP contribution is -2.32. The van der Waals surface area contributed by atoms with Crippen molar-refractivity contribution in [2.24, 2.45) is 0 Å². The highest BCUT2D eigenvalue weighted by Crippen LogP contribution is 2.22. The van der Waals surface area contributed by atoms with Gasteiger partial charge in [0.15, 0.2) is 0 Å². The van der Waals surface area contributed by atoms with Crippen molar-refractivity contribution in [3.05, 3.63) is 94.4 Å². The molecule has 30 heavy (non-hydrogen) atoms. The third-order valence-corrected chi connectivity index (χ3v) is 4.71. The van der Waals surface area contributed by atoms with Crippen molar-refractivity contribution in [3.63, 3.8) is 0 Å². The molecule has 0 atom stereocenters. The minimum atomic E-state index is -0.368. The summed E-state index contributed by atoms with van der Waals surface area (Å²) in [4.78, 5) is 29.5. The maximum Gasteiger partial charge on any atom is 0.263 e. The Morgan fingerprint density at radius 1 is 1.00 bits per heavy atom. The van der Waals surface area contributed by atoms with Crippen LogP contribution in [-0.2, 0) is 17.9 Å². The van der Waals surface area contributed by atoms with Gasteiger partial charge in [-0.3, -0.25) is 9.59 Å². The number of carbonyl (C=O) groups excluding carboxylic acids is 1. The van der Waals surface area contributed by atoms with Crippen molar-refractivity contribution < 1.29 is 9.32 Å². The molecule has 2 heterocycles. The number of aryl methyl sites for hydroxylation is 1. The van der Waals surface area contributed by atoms with Crippen LogP contribution in [-0.4, -0.2) is 20.6 Å². The van der Waals surface area contributed by atoms with E-state index in [4.69, 9.17) is 4.52 Å². The normalized spacial score (nSPS) is 10.7. The highest BCUT2D eigenvalue weighted by atomic mass is 16.5. The average molecular weight is 400 g/mol. The van der Waals surface area contributed by atoms with Crippen LogP contribution in [0.4, 0.5) is 0 Å². The predicted molar refractivity (Wildman–Crippen MR) is 112 cm³/mol. The van der Waals surface area contributed by atoms with Gasteiger partial charge in [0, 0.05) is 18.3 Å². The molecule has 0 unspecified atom stereocenters. The molecule has 0 aliphatic rings. The summed E-state index contributed by atoms with van der Waals surface area (Å²) >= 11 is 0. The van der Waals surface area contributed by atoms with E-state index in [-0.39, 0.29) is 29.5 Å². The van der Waals surface area contributed by atoms with Gasteiger partial charge in [0.25, 0.3) is 11.4 Å². The van der Waals surface area contributed by atoms with Gasteiger partial charge in [0.2, 0.25) is 11.7 Å². The van der Waals surface area contributed by atoms with Gasteiger partial charge in [-0.25, -0.2) is 0 Å². The number of hydrogen-bond acceptors (Lipinski definition) is 5. The van der Waals surface area contributed by atoms with E-state index in [1.54, 1.807) is 18.3 Å². The van der Waals surface area contributed by atoms with Gasteiger partial charge in [0.1, 0.15) is 12.1 Å². The number of benzene rings is 2. The summed E-state index contributed by atoms with van der Waals surface area (Å²) in [5, 5.41) is 6.82. The molecule has 0 aliphatic carbocycles. The van der Waals surface area contributed by atoms with E-state index < -0.39 is 0 Å². The average Bonchev–Trinajstić information content (AvgIpc) is 3.24. The summed E-state index contributed by atoms with van der Waals surface area (Å²) in [5.74, 6) is 0.278. The topological polar surface area (TPSA) is 90.0 Å². The second-order valence-electron chi connectivity index (χ2n) is 6.86. The maximum absolute atomic E-state index is 12.8. The Morgan fingerprint density at radius 3 is 2.53 bits per heavy atom. The van der Waals surface area contributed by atoms with E-state index in [1.165, 1.54) is 4.57 Å².